The van der Waals surface area contributed by atoms with E-state index in [0.717, 1.165) is 19.3 Å². The van der Waals surface area contributed by atoms with Gasteiger partial charge in [0.25, 0.3) is 0 Å². The van der Waals surface area contributed by atoms with Gasteiger partial charge in [-0.05, 0) is 26.2 Å². The van der Waals surface area contributed by atoms with Crippen molar-refractivity contribution in [1.82, 2.24) is 15.1 Å². The Morgan fingerprint density at radius 1 is 1.00 bits per heavy atom. The van der Waals surface area contributed by atoms with Crippen molar-refractivity contribution >= 4 is 12.1 Å². The van der Waals surface area contributed by atoms with Gasteiger partial charge in [-0.3, -0.25) is 0 Å². The molecule has 2 aliphatic rings. The molecule has 1 heterocycles. The zero-order valence-electron chi connectivity index (χ0n) is 13.0. The number of nitrogens with zero attached hydrogens (tertiary/aromatic N) is 2. The van der Waals surface area contributed by atoms with Crippen LogP contribution in [-0.4, -0.2) is 60.8 Å². The Kier molecular flexibility index (Phi) is 6.14. The maximum Gasteiger partial charge on any atom is 0.409 e. The molecule has 0 bridgehead atoms. The summed E-state index contributed by atoms with van der Waals surface area (Å²) >= 11 is 0. The molecule has 1 N–H and O–H groups in total. The minimum atomic E-state index is -0.271. The van der Waals surface area contributed by atoms with E-state index in [2.05, 4.69) is 5.32 Å². The van der Waals surface area contributed by atoms with Gasteiger partial charge in [-0.1, -0.05) is 19.3 Å². The van der Waals surface area contributed by atoms with E-state index >= 15 is 0 Å². The maximum atomic E-state index is 12.3. The number of rotatable bonds is 2. The second kappa shape index (κ2) is 8.10. The fourth-order valence-corrected chi connectivity index (χ4v) is 3.03. The Morgan fingerprint density at radius 2 is 1.67 bits per heavy atom. The molecule has 0 aromatic rings. The Morgan fingerprint density at radius 3 is 2.38 bits per heavy atom. The van der Waals surface area contributed by atoms with Crippen LogP contribution in [-0.2, 0) is 4.74 Å². The average Bonchev–Trinajstić information content (AvgIpc) is 2.74. The van der Waals surface area contributed by atoms with Crippen molar-refractivity contribution in [2.45, 2.75) is 51.5 Å². The molecule has 1 aliphatic heterocycles. The summed E-state index contributed by atoms with van der Waals surface area (Å²) in [6, 6.07) is 0.350. The van der Waals surface area contributed by atoms with Gasteiger partial charge in [-0.15, -0.1) is 0 Å². The zero-order chi connectivity index (χ0) is 15.1. The lowest BCUT2D eigenvalue weighted by Gasteiger charge is -2.27. The Balaban J connectivity index is 1.78. The molecule has 2 fully saturated rings. The second-order valence-electron chi connectivity index (χ2n) is 5.81. The lowest BCUT2D eigenvalue weighted by molar-refractivity contribution is 0.108. The molecule has 1 aliphatic carbocycles. The quantitative estimate of drug-likeness (QED) is 0.850. The molecular weight excluding hydrogens is 270 g/mol. The molecule has 6 nitrogen and oxygen atoms in total. The van der Waals surface area contributed by atoms with E-state index in [9.17, 15) is 9.59 Å². The van der Waals surface area contributed by atoms with Crippen LogP contribution in [0.25, 0.3) is 0 Å². The summed E-state index contributed by atoms with van der Waals surface area (Å²) in [7, 11) is 0. The third kappa shape index (κ3) is 4.79. The molecule has 21 heavy (non-hydrogen) atoms. The first-order chi connectivity index (χ1) is 10.2. The Labute approximate surface area is 126 Å². The first-order valence-corrected chi connectivity index (χ1v) is 8.18. The van der Waals surface area contributed by atoms with Gasteiger partial charge in [0.2, 0.25) is 0 Å². The fraction of sp³-hybridized carbons (Fsp3) is 0.867. The van der Waals surface area contributed by atoms with Gasteiger partial charge in [-0.25, -0.2) is 9.59 Å². The van der Waals surface area contributed by atoms with Crippen molar-refractivity contribution in [3.05, 3.63) is 0 Å². The van der Waals surface area contributed by atoms with Crippen LogP contribution in [0.15, 0.2) is 0 Å². The van der Waals surface area contributed by atoms with Gasteiger partial charge in [0.15, 0.2) is 0 Å². The average molecular weight is 297 g/mol. The number of carbonyl (C=O) groups is 2. The third-order valence-electron chi connectivity index (χ3n) is 4.24. The van der Waals surface area contributed by atoms with Crippen molar-refractivity contribution in [1.29, 1.82) is 0 Å². The van der Waals surface area contributed by atoms with Crippen molar-refractivity contribution in [2.24, 2.45) is 0 Å². The van der Waals surface area contributed by atoms with Gasteiger partial charge in [0, 0.05) is 32.2 Å². The van der Waals surface area contributed by atoms with Crippen LogP contribution < -0.4 is 5.32 Å². The number of urea groups is 1. The third-order valence-corrected chi connectivity index (χ3v) is 4.24. The second-order valence-corrected chi connectivity index (χ2v) is 5.81. The van der Waals surface area contributed by atoms with E-state index in [1.54, 1.807) is 11.8 Å². The molecule has 0 spiro atoms. The van der Waals surface area contributed by atoms with Gasteiger partial charge in [0.1, 0.15) is 0 Å². The Hall–Kier alpha value is -1.46. The smallest absolute Gasteiger partial charge is 0.409 e. The molecule has 0 aromatic heterocycles. The normalized spacial score (nSPS) is 20.8. The van der Waals surface area contributed by atoms with Gasteiger partial charge in [-0.2, -0.15) is 0 Å². The number of nitrogens with one attached hydrogen (secondary N) is 1. The number of amides is 3. The lowest BCUT2D eigenvalue weighted by atomic mass is 9.96. The van der Waals surface area contributed by atoms with E-state index in [0.29, 0.717) is 38.8 Å². The first kappa shape index (κ1) is 15.9. The van der Waals surface area contributed by atoms with Crippen LogP contribution in [0.5, 0.6) is 0 Å². The fourth-order valence-electron chi connectivity index (χ4n) is 3.03. The number of hydrogen-bond acceptors (Lipinski definition) is 3. The first-order valence-electron chi connectivity index (χ1n) is 8.18. The van der Waals surface area contributed by atoms with Crippen LogP contribution in [0.3, 0.4) is 0 Å². The van der Waals surface area contributed by atoms with Gasteiger partial charge < -0.3 is 19.9 Å². The summed E-state index contributed by atoms with van der Waals surface area (Å²) in [6.45, 7) is 4.69. The van der Waals surface area contributed by atoms with Gasteiger partial charge in [0.05, 0.1) is 6.61 Å². The van der Waals surface area contributed by atoms with Crippen molar-refractivity contribution in [2.75, 3.05) is 32.8 Å². The SMILES string of the molecule is CCOC(=O)N1CCCN(C(=O)NC2CCCCC2)CC1. The molecule has 3 amide bonds. The van der Waals surface area contributed by atoms with E-state index in [1.807, 2.05) is 4.90 Å². The lowest BCUT2D eigenvalue weighted by Crippen LogP contribution is -2.47. The highest BCUT2D eigenvalue weighted by atomic mass is 16.6. The molecule has 1 saturated heterocycles. The zero-order valence-corrected chi connectivity index (χ0v) is 13.0. The number of ether oxygens (including phenoxy) is 1. The molecule has 1 saturated carbocycles. The van der Waals surface area contributed by atoms with E-state index < -0.39 is 0 Å². The molecule has 0 aromatic carbocycles. The number of hydrogen-bond donors (Lipinski definition) is 1. The molecule has 2 rings (SSSR count). The predicted octanol–water partition coefficient (Wildman–Crippen LogP) is 2.19. The summed E-state index contributed by atoms with van der Waals surface area (Å²) in [6.07, 6.45) is 6.42. The summed E-state index contributed by atoms with van der Waals surface area (Å²) in [5.74, 6) is 0. The molecule has 0 atom stereocenters. The largest absolute Gasteiger partial charge is 0.450 e. The van der Waals surface area contributed by atoms with E-state index in [4.69, 9.17) is 4.74 Å². The molecule has 6 heteroatoms. The topological polar surface area (TPSA) is 61.9 Å². The highest BCUT2D eigenvalue weighted by Gasteiger charge is 2.24. The van der Waals surface area contributed by atoms with Crippen LogP contribution in [0, 0.1) is 0 Å². The maximum absolute atomic E-state index is 12.3. The molecule has 0 unspecified atom stereocenters. The van der Waals surface area contributed by atoms with Crippen LogP contribution in [0.1, 0.15) is 45.4 Å². The van der Waals surface area contributed by atoms with Gasteiger partial charge >= 0.3 is 12.1 Å². The summed E-state index contributed by atoms with van der Waals surface area (Å²) in [4.78, 5) is 27.5. The summed E-state index contributed by atoms with van der Waals surface area (Å²) in [5.41, 5.74) is 0. The highest BCUT2D eigenvalue weighted by molar-refractivity contribution is 5.75. The predicted molar refractivity (Wildman–Crippen MR) is 80.2 cm³/mol. The molecular formula is C15H27N3O3. The molecule has 120 valence electrons. The number of carbonyl (C=O) groups excluding carboxylic acids is 2. The molecule has 0 radical (unpaired) electrons. The highest BCUT2D eigenvalue weighted by Crippen LogP contribution is 2.17. The Bertz CT molecular complexity index is 356. The minimum absolute atomic E-state index is 0.0209. The standard InChI is InChI=1S/C15H27N3O3/c1-2-21-15(20)18-10-6-9-17(11-12-18)14(19)16-13-7-4-3-5-8-13/h13H,2-12H2,1H3,(H,16,19). The van der Waals surface area contributed by atoms with E-state index in [1.165, 1.54) is 19.3 Å². The van der Waals surface area contributed by atoms with Crippen molar-refractivity contribution in [3.63, 3.8) is 0 Å². The summed E-state index contributed by atoms with van der Waals surface area (Å²) in [5, 5.41) is 3.14. The van der Waals surface area contributed by atoms with E-state index in [-0.39, 0.29) is 12.1 Å². The van der Waals surface area contributed by atoms with Crippen LogP contribution in [0.2, 0.25) is 0 Å². The van der Waals surface area contributed by atoms with Crippen molar-refractivity contribution < 1.29 is 14.3 Å². The van der Waals surface area contributed by atoms with Crippen LogP contribution >= 0.6 is 0 Å². The minimum Gasteiger partial charge on any atom is -0.450 e. The van der Waals surface area contributed by atoms with Crippen molar-refractivity contribution in [3.8, 4) is 0 Å². The van der Waals surface area contributed by atoms with Crippen LogP contribution in [0.4, 0.5) is 9.59 Å². The summed E-state index contributed by atoms with van der Waals surface area (Å²) < 4.78 is 5.02. The monoisotopic (exact) mass is 297 g/mol.